The van der Waals surface area contributed by atoms with Gasteiger partial charge in [-0.05, 0) is 50.9 Å². The van der Waals surface area contributed by atoms with E-state index >= 15 is 4.57 Å². The smallest absolute Gasteiger partial charge is 0.491 e. The minimum absolute atomic E-state index is 0.539. The second-order valence-corrected chi connectivity index (χ2v) is 12.5. The van der Waals surface area contributed by atoms with Crippen molar-refractivity contribution < 1.29 is 18.6 Å². The van der Waals surface area contributed by atoms with E-state index in [0.29, 0.717) is 11.2 Å². The molecule has 0 aliphatic carbocycles. The molecule has 4 nitrogen and oxygen atoms in total. The zero-order valence-corrected chi connectivity index (χ0v) is 21.4. The number of hydrogen-bond acceptors (Lipinski definition) is 4. The van der Waals surface area contributed by atoms with E-state index in [9.17, 15) is 0 Å². The third kappa shape index (κ3) is 4.29. The number of hydrogen-bond donors (Lipinski definition) is 0. The molecule has 0 amide bonds. The van der Waals surface area contributed by atoms with Crippen LogP contribution >= 0.6 is 7.14 Å². The molecule has 1 fully saturated rings. The van der Waals surface area contributed by atoms with Crippen LogP contribution in [0.25, 0.3) is 0 Å². The lowest BCUT2D eigenvalue weighted by molar-refractivity contribution is 0.00578. The summed E-state index contributed by atoms with van der Waals surface area (Å²) in [6.07, 6.45) is 0. The quantitative estimate of drug-likeness (QED) is 0.314. The Hall–Kier alpha value is -2.59. The fourth-order valence-electron chi connectivity index (χ4n) is 4.34. The van der Waals surface area contributed by atoms with Gasteiger partial charge in [-0.2, -0.15) is 0 Å². The SMILES string of the molecule is C=C(B1OC(C)(C)C(C)(C)O1)C(c1cccc(OC)c1)P(=O)(c1ccccc1)c1ccccc1. The molecule has 1 atom stereocenters. The van der Waals surface area contributed by atoms with E-state index in [1.807, 2.05) is 113 Å². The van der Waals surface area contributed by atoms with Crippen LogP contribution in [-0.4, -0.2) is 25.4 Å². The summed E-state index contributed by atoms with van der Waals surface area (Å²) >= 11 is 0. The lowest BCUT2D eigenvalue weighted by atomic mass is 9.75. The van der Waals surface area contributed by atoms with Crippen LogP contribution in [0.3, 0.4) is 0 Å². The van der Waals surface area contributed by atoms with Gasteiger partial charge in [0.05, 0.1) is 24.0 Å². The molecule has 176 valence electrons. The van der Waals surface area contributed by atoms with Crippen LogP contribution in [0.2, 0.25) is 0 Å². The van der Waals surface area contributed by atoms with Crippen molar-refractivity contribution >= 4 is 24.9 Å². The zero-order chi connectivity index (χ0) is 24.6. The molecule has 0 N–H and O–H groups in total. The van der Waals surface area contributed by atoms with Crippen LogP contribution in [0.15, 0.2) is 97.0 Å². The van der Waals surface area contributed by atoms with Crippen LogP contribution in [0.5, 0.6) is 5.75 Å². The first kappa shape index (κ1) is 24.5. The average molecular weight is 474 g/mol. The lowest BCUT2D eigenvalue weighted by Gasteiger charge is -2.32. The molecule has 0 spiro atoms. The molecule has 3 aromatic carbocycles. The number of methoxy groups -OCH3 is 1. The third-order valence-electron chi connectivity index (χ3n) is 6.96. The monoisotopic (exact) mass is 474 g/mol. The van der Waals surface area contributed by atoms with Crippen molar-refractivity contribution in [2.75, 3.05) is 7.11 Å². The van der Waals surface area contributed by atoms with Crippen molar-refractivity contribution in [3.8, 4) is 5.75 Å². The van der Waals surface area contributed by atoms with Gasteiger partial charge in [-0.1, -0.05) is 72.8 Å². The Balaban J connectivity index is 1.94. The topological polar surface area (TPSA) is 44.8 Å². The second-order valence-electron chi connectivity index (χ2n) is 9.67. The van der Waals surface area contributed by atoms with E-state index in [-0.39, 0.29) is 0 Å². The Morgan fingerprint density at radius 1 is 0.853 bits per heavy atom. The summed E-state index contributed by atoms with van der Waals surface area (Å²) in [7, 11) is -2.37. The third-order valence-corrected chi connectivity index (χ3v) is 10.4. The van der Waals surface area contributed by atoms with Gasteiger partial charge in [0.25, 0.3) is 0 Å². The summed E-state index contributed by atoms with van der Waals surface area (Å²) in [6.45, 7) is 12.5. The molecule has 1 heterocycles. The van der Waals surface area contributed by atoms with E-state index in [1.54, 1.807) is 7.11 Å². The van der Waals surface area contributed by atoms with Crippen molar-refractivity contribution in [3.63, 3.8) is 0 Å². The molecule has 0 radical (unpaired) electrons. The van der Waals surface area contributed by atoms with Crippen LogP contribution in [0.1, 0.15) is 38.9 Å². The van der Waals surface area contributed by atoms with Gasteiger partial charge in [0, 0.05) is 10.6 Å². The maximum atomic E-state index is 15.4. The number of allylic oxidation sites excluding steroid dienone is 1. The molecular formula is C28H32BO4P. The molecule has 34 heavy (non-hydrogen) atoms. The Labute approximate surface area is 203 Å². The highest BCUT2D eigenvalue weighted by atomic mass is 31.2. The summed E-state index contributed by atoms with van der Waals surface area (Å²) < 4.78 is 33.7. The highest BCUT2D eigenvalue weighted by molar-refractivity contribution is 7.79. The predicted octanol–water partition coefficient (Wildman–Crippen LogP) is 5.94. The highest BCUT2D eigenvalue weighted by Gasteiger charge is 2.55. The normalized spacial score (nSPS) is 17.9. The van der Waals surface area contributed by atoms with Crippen LogP contribution < -0.4 is 15.3 Å². The molecule has 4 rings (SSSR count). The zero-order valence-electron chi connectivity index (χ0n) is 20.5. The van der Waals surface area contributed by atoms with Gasteiger partial charge in [0.15, 0.2) is 7.14 Å². The van der Waals surface area contributed by atoms with Crippen molar-refractivity contribution in [1.82, 2.24) is 0 Å². The summed E-state index contributed by atoms with van der Waals surface area (Å²) in [5.41, 5.74) is -0.188. The van der Waals surface area contributed by atoms with E-state index in [4.69, 9.17) is 14.0 Å². The van der Waals surface area contributed by atoms with Gasteiger partial charge >= 0.3 is 7.12 Å². The molecule has 6 heteroatoms. The minimum Gasteiger partial charge on any atom is -0.497 e. The standard InChI is InChI=1S/C28H32BO4P/c1-21(29-32-27(2,3)28(4,5)33-29)26(22-14-13-15-23(20-22)31-6)34(30,24-16-9-7-10-17-24)25-18-11-8-12-19-25/h7-20,26H,1H2,2-6H3. The molecule has 0 aromatic heterocycles. The molecule has 0 saturated carbocycles. The van der Waals surface area contributed by atoms with Gasteiger partial charge in [-0.3, -0.25) is 0 Å². The maximum Gasteiger partial charge on any atom is 0.491 e. The molecule has 1 aliphatic heterocycles. The van der Waals surface area contributed by atoms with Crippen LogP contribution in [0.4, 0.5) is 0 Å². The summed E-state index contributed by atoms with van der Waals surface area (Å²) in [5.74, 6) is 0.692. The first-order chi connectivity index (χ1) is 16.1. The Morgan fingerprint density at radius 3 is 1.82 bits per heavy atom. The van der Waals surface area contributed by atoms with Gasteiger partial charge in [0.1, 0.15) is 5.75 Å². The Bertz CT molecular complexity index is 1150. The first-order valence-electron chi connectivity index (χ1n) is 11.5. The average Bonchev–Trinajstić information content (AvgIpc) is 3.07. The van der Waals surface area contributed by atoms with E-state index in [0.717, 1.165) is 16.2 Å². The predicted molar refractivity (Wildman–Crippen MR) is 141 cm³/mol. The van der Waals surface area contributed by atoms with E-state index < -0.39 is 31.1 Å². The molecule has 1 aliphatic rings. The number of rotatable bonds is 7. The minimum atomic E-state index is -3.29. The van der Waals surface area contributed by atoms with Crippen molar-refractivity contribution in [1.29, 1.82) is 0 Å². The number of ether oxygens (including phenoxy) is 1. The Morgan fingerprint density at radius 2 is 1.35 bits per heavy atom. The van der Waals surface area contributed by atoms with Gasteiger partial charge in [-0.15, -0.1) is 6.58 Å². The highest BCUT2D eigenvalue weighted by Crippen LogP contribution is 2.61. The second kappa shape index (κ2) is 9.22. The van der Waals surface area contributed by atoms with E-state index in [2.05, 4.69) is 6.58 Å². The summed E-state index contributed by atoms with van der Waals surface area (Å²) in [6, 6.07) is 27.0. The van der Waals surface area contributed by atoms with Crippen LogP contribution in [0, 0.1) is 0 Å². The van der Waals surface area contributed by atoms with Crippen molar-refractivity contribution in [2.24, 2.45) is 0 Å². The molecular weight excluding hydrogens is 442 g/mol. The van der Waals surface area contributed by atoms with E-state index in [1.165, 1.54) is 0 Å². The Kier molecular flexibility index (Phi) is 6.66. The molecule has 0 bridgehead atoms. The summed E-state index contributed by atoms with van der Waals surface area (Å²) in [4.78, 5) is 0. The van der Waals surface area contributed by atoms with Crippen molar-refractivity contribution in [2.45, 2.75) is 44.6 Å². The first-order valence-corrected chi connectivity index (χ1v) is 13.3. The molecule has 1 saturated heterocycles. The van der Waals surface area contributed by atoms with Gasteiger partial charge in [-0.25, -0.2) is 0 Å². The summed E-state index contributed by atoms with van der Waals surface area (Å²) in [5, 5.41) is 1.51. The lowest BCUT2D eigenvalue weighted by Crippen LogP contribution is -2.41. The number of benzene rings is 3. The van der Waals surface area contributed by atoms with Gasteiger partial charge in [0.2, 0.25) is 0 Å². The molecule has 1 unspecified atom stereocenters. The maximum absolute atomic E-state index is 15.4. The fourth-order valence-corrected chi connectivity index (χ4v) is 7.63. The largest absolute Gasteiger partial charge is 0.497 e. The van der Waals surface area contributed by atoms with Crippen molar-refractivity contribution in [3.05, 3.63) is 103 Å². The molecule has 3 aromatic rings. The fraction of sp³-hybridized carbons (Fsp3) is 0.286. The van der Waals surface area contributed by atoms with Gasteiger partial charge < -0.3 is 18.6 Å². The van der Waals surface area contributed by atoms with Crippen LogP contribution in [-0.2, 0) is 13.9 Å².